The van der Waals surface area contributed by atoms with Gasteiger partial charge in [0.1, 0.15) is 0 Å². The zero-order valence-electron chi connectivity index (χ0n) is 27.5. The van der Waals surface area contributed by atoms with E-state index in [9.17, 15) is 0 Å². The Morgan fingerprint density at radius 2 is 1.04 bits per heavy atom. The average Bonchev–Trinajstić information content (AvgIpc) is 3.87. The molecule has 0 radical (unpaired) electrons. The molecule has 0 bridgehead atoms. The van der Waals surface area contributed by atoms with Gasteiger partial charge in [-0.25, -0.2) is 0 Å². The second kappa shape index (κ2) is 14.4. The lowest BCUT2D eigenvalue weighted by Crippen LogP contribution is -2.17. The number of unbranched alkanes of at least 4 members (excludes halogenated alkanes) is 1. The molecule has 238 valence electrons. The van der Waals surface area contributed by atoms with Crippen LogP contribution >= 0.6 is 22.7 Å². The molecule has 0 fully saturated rings. The van der Waals surface area contributed by atoms with E-state index in [1.54, 1.807) is 0 Å². The summed E-state index contributed by atoms with van der Waals surface area (Å²) in [4.78, 5) is 5.36. The van der Waals surface area contributed by atoms with Gasteiger partial charge in [0.15, 0.2) is 0 Å². The van der Waals surface area contributed by atoms with Crippen molar-refractivity contribution in [3.8, 4) is 20.9 Å². The van der Waals surface area contributed by atoms with E-state index in [2.05, 4.69) is 157 Å². The van der Waals surface area contributed by atoms with Crippen LogP contribution in [0.4, 0.5) is 0 Å². The number of aryl methyl sites for hydroxylation is 1. The predicted molar refractivity (Wildman–Crippen MR) is 204 cm³/mol. The largest absolute Gasteiger partial charge is 0.340 e. The van der Waals surface area contributed by atoms with Gasteiger partial charge < -0.3 is 15.2 Å². The van der Waals surface area contributed by atoms with Gasteiger partial charge in [-0.15, -0.1) is 22.7 Å². The number of aromatic nitrogens is 1. The number of hydrogen-bond acceptors (Lipinski definition) is 4. The molecule has 0 aliphatic rings. The van der Waals surface area contributed by atoms with Crippen LogP contribution in [0.15, 0.2) is 121 Å². The van der Waals surface area contributed by atoms with Crippen LogP contribution in [0.1, 0.15) is 66.6 Å². The van der Waals surface area contributed by atoms with Crippen molar-refractivity contribution in [2.75, 3.05) is 0 Å². The molecule has 5 heteroatoms. The summed E-state index contributed by atoms with van der Waals surface area (Å²) in [7, 11) is 0. The van der Waals surface area contributed by atoms with Gasteiger partial charge in [0.25, 0.3) is 0 Å². The molecular formula is C42H43N3S2. The summed E-state index contributed by atoms with van der Waals surface area (Å²) in [5.41, 5.74) is 7.89. The van der Waals surface area contributed by atoms with Crippen molar-refractivity contribution in [3.05, 3.63) is 142 Å². The molecular weight excluding hydrogens is 611 g/mol. The molecule has 3 heterocycles. The Labute approximate surface area is 286 Å². The van der Waals surface area contributed by atoms with E-state index >= 15 is 0 Å². The molecule has 0 spiro atoms. The molecule has 0 unspecified atom stereocenters. The highest BCUT2D eigenvalue weighted by molar-refractivity contribution is 7.15. The SMILES string of the molecule is CCCCn1c2ccc(-c3ccc(CN[C@@H](C)c4ccccc4)s3)cc2c2cc(-c3ccc(CN[C@@H](C)c4ccccc4)s3)ccc21. The minimum Gasteiger partial charge on any atom is -0.340 e. The molecule has 2 atom stereocenters. The summed E-state index contributed by atoms with van der Waals surface area (Å²) in [5.74, 6) is 0. The first-order valence-corrected chi connectivity index (χ1v) is 18.5. The minimum atomic E-state index is 0.315. The van der Waals surface area contributed by atoms with E-state index in [1.807, 2.05) is 22.7 Å². The normalized spacial score (nSPS) is 13.0. The first kappa shape index (κ1) is 31.6. The number of nitrogens with zero attached hydrogens (tertiary/aromatic N) is 1. The quantitative estimate of drug-likeness (QED) is 0.130. The third-order valence-corrected chi connectivity index (χ3v) is 11.5. The molecule has 0 saturated heterocycles. The number of thiophene rings is 2. The lowest BCUT2D eigenvalue weighted by molar-refractivity contribution is 0.579. The maximum Gasteiger partial charge on any atom is 0.0491 e. The van der Waals surface area contributed by atoms with Gasteiger partial charge in [-0.3, -0.25) is 0 Å². The minimum absolute atomic E-state index is 0.315. The number of nitrogens with one attached hydrogen (secondary N) is 2. The first-order chi connectivity index (χ1) is 23.1. The van der Waals surface area contributed by atoms with Gasteiger partial charge >= 0.3 is 0 Å². The standard InChI is InChI=1S/C42H43N3S2/c1-4-5-24-45-39-20-16-33(41-22-18-35(46-41)27-43-29(2)31-12-8-6-9-13-31)25-37(39)38-26-34(17-21-40(38)45)42-23-19-36(47-42)28-44-30(3)32-14-10-7-11-15-32/h6-23,25-26,29-30,43-44H,4-5,24,27-28H2,1-3H3/t29-,30-/m0/s1. The molecule has 3 nitrogen and oxygen atoms in total. The van der Waals surface area contributed by atoms with Crippen LogP contribution in [0.25, 0.3) is 42.7 Å². The Morgan fingerprint density at radius 3 is 1.49 bits per heavy atom. The van der Waals surface area contributed by atoms with E-state index < -0.39 is 0 Å². The number of rotatable bonds is 13. The summed E-state index contributed by atoms with van der Waals surface area (Å²) < 4.78 is 2.53. The summed E-state index contributed by atoms with van der Waals surface area (Å²) in [6, 6.07) is 45.3. The molecule has 2 N–H and O–H groups in total. The van der Waals surface area contributed by atoms with Gasteiger partial charge in [-0.2, -0.15) is 0 Å². The highest BCUT2D eigenvalue weighted by atomic mass is 32.1. The van der Waals surface area contributed by atoms with Crippen LogP contribution in [0.5, 0.6) is 0 Å². The molecule has 4 aromatic carbocycles. The number of benzene rings is 4. The zero-order valence-corrected chi connectivity index (χ0v) is 29.1. The van der Waals surface area contributed by atoms with Gasteiger partial charge in [-0.05, 0) is 91.1 Å². The Hall–Kier alpha value is -4.00. The average molecular weight is 654 g/mol. The summed E-state index contributed by atoms with van der Waals surface area (Å²) in [6.45, 7) is 9.52. The molecule has 0 aliphatic heterocycles. The molecule has 0 aliphatic carbocycles. The van der Waals surface area contributed by atoms with Crippen LogP contribution < -0.4 is 10.6 Å². The zero-order chi connectivity index (χ0) is 32.2. The molecule has 7 aromatic rings. The van der Waals surface area contributed by atoms with Crippen molar-refractivity contribution in [3.63, 3.8) is 0 Å². The van der Waals surface area contributed by atoms with Crippen LogP contribution in [0.3, 0.4) is 0 Å². The fraction of sp³-hybridized carbons (Fsp3) is 0.238. The van der Waals surface area contributed by atoms with Crippen molar-refractivity contribution in [2.24, 2.45) is 0 Å². The van der Waals surface area contributed by atoms with E-state index in [1.165, 1.54) is 76.4 Å². The molecule has 3 aromatic heterocycles. The molecule has 0 amide bonds. The second-order valence-corrected chi connectivity index (χ2v) is 14.9. The Bertz CT molecular complexity index is 1920. The predicted octanol–water partition coefficient (Wildman–Crippen LogP) is 11.8. The maximum absolute atomic E-state index is 3.71. The van der Waals surface area contributed by atoms with Crippen LogP contribution in [-0.4, -0.2) is 4.57 Å². The van der Waals surface area contributed by atoms with Crippen molar-refractivity contribution < 1.29 is 0 Å². The fourth-order valence-corrected chi connectivity index (χ4v) is 8.36. The highest BCUT2D eigenvalue weighted by Crippen LogP contribution is 2.38. The maximum atomic E-state index is 3.71. The fourth-order valence-electron chi connectivity index (χ4n) is 6.45. The van der Waals surface area contributed by atoms with Crippen molar-refractivity contribution in [1.29, 1.82) is 0 Å². The van der Waals surface area contributed by atoms with E-state index in [4.69, 9.17) is 0 Å². The Balaban J connectivity index is 1.14. The third kappa shape index (κ3) is 7.00. The number of fused-ring (bicyclic) bond motifs is 3. The van der Waals surface area contributed by atoms with Gasteiger partial charge in [0, 0.05) is 73.0 Å². The van der Waals surface area contributed by atoms with Crippen molar-refractivity contribution >= 4 is 44.5 Å². The van der Waals surface area contributed by atoms with Crippen LogP contribution in [0.2, 0.25) is 0 Å². The second-order valence-electron chi connectivity index (χ2n) is 12.5. The summed E-state index contributed by atoms with van der Waals surface area (Å²) in [6.07, 6.45) is 2.36. The Kier molecular flexibility index (Phi) is 9.68. The van der Waals surface area contributed by atoms with Gasteiger partial charge in [0.2, 0.25) is 0 Å². The van der Waals surface area contributed by atoms with E-state index in [0.29, 0.717) is 12.1 Å². The molecule has 7 rings (SSSR count). The van der Waals surface area contributed by atoms with Crippen molar-refractivity contribution in [1.82, 2.24) is 15.2 Å². The monoisotopic (exact) mass is 653 g/mol. The van der Waals surface area contributed by atoms with E-state index in [0.717, 1.165) is 19.6 Å². The van der Waals surface area contributed by atoms with E-state index in [-0.39, 0.29) is 0 Å². The lowest BCUT2D eigenvalue weighted by atomic mass is 10.1. The van der Waals surface area contributed by atoms with Crippen LogP contribution in [-0.2, 0) is 19.6 Å². The van der Waals surface area contributed by atoms with Gasteiger partial charge in [0.05, 0.1) is 0 Å². The van der Waals surface area contributed by atoms with Crippen LogP contribution in [0, 0.1) is 0 Å². The smallest absolute Gasteiger partial charge is 0.0491 e. The molecule has 0 saturated carbocycles. The number of hydrogen-bond donors (Lipinski definition) is 2. The highest BCUT2D eigenvalue weighted by Gasteiger charge is 2.15. The summed E-state index contributed by atoms with van der Waals surface area (Å²) in [5, 5.41) is 10.1. The van der Waals surface area contributed by atoms with Crippen molar-refractivity contribution in [2.45, 2.75) is 65.3 Å². The van der Waals surface area contributed by atoms with Gasteiger partial charge in [-0.1, -0.05) is 86.1 Å². The third-order valence-electron chi connectivity index (χ3n) is 9.26. The topological polar surface area (TPSA) is 29.0 Å². The lowest BCUT2D eigenvalue weighted by Gasteiger charge is -2.13. The first-order valence-electron chi connectivity index (χ1n) is 16.9. The Morgan fingerprint density at radius 1 is 0.574 bits per heavy atom. The summed E-state index contributed by atoms with van der Waals surface area (Å²) >= 11 is 3.78. The molecule has 47 heavy (non-hydrogen) atoms.